The van der Waals surface area contributed by atoms with E-state index in [0.717, 1.165) is 17.0 Å². The van der Waals surface area contributed by atoms with Crippen molar-refractivity contribution in [3.63, 3.8) is 0 Å². The van der Waals surface area contributed by atoms with Gasteiger partial charge in [0, 0.05) is 13.1 Å². The van der Waals surface area contributed by atoms with E-state index >= 15 is 0 Å². The Labute approximate surface area is 174 Å². The first-order valence-electron chi connectivity index (χ1n) is 8.57. The molecule has 1 N–H and O–H groups in total. The molecule has 1 fully saturated rings. The average Bonchev–Trinajstić information content (AvgIpc) is 2.67. The number of halogens is 9. The van der Waals surface area contributed by atoms with Crippen molar-refractivity contribution in [3.8, 4) is 5.75 Å². The second-order valence-corrected chi connectivity index (χ2v) is 8.40. The number of piperidine rings is 1. The van der Waals surface area contributed by atoms with Gasteiger partial charge in [0.05, 0.1) is 0 Å². The quantitative estimate of drug-likeness (QED) is 0.451. The van der Waals surface area contributed by atoms with E-state index in [1.54, 1.807) is 0 Å². The molecule has 6 nitrogen and oxygen atoms in total. The Hall–Kier alpha value is -2.39. The molecule has 32 heavy (non-hydrogen) atoms. The van der Waals surface area contributed by atoms with Gasteiger partial charge in [-0.25, -0.2) is 4.79 Å². The molecule has 0 atom stereocenters. The number of nitrogens with zero attached hydrogens (tertiary/aromatic N) is 1. The molecule has 1 amide bonds. The third kappa shape index (κ3) is 4.41. The second-order valence-electron chi connectivity index (χ2n) is 6.81. The summed E-state index contributed by atoms with van der Waals surface area (Å²) >= 11 is 0. The molecule has 0 bridgehead atoms. The zero-order chi connectivity index (χ0) is 24.8. The van der Waals surface area contributed by atoms with Crippen molar-refractivity contribution in [3.05, 3.63) is 29.8 Å². The van der Waals surface area contributed by atoms with E-state index in [1.165, 1.54) is 0 Å². The van der Waals surface area contributed by atoms with Gasteiger partial charge in [0.25, 0.3) is 0 Å². The van der Waals surface area contributed by atoms with E-state index in [9.17, 15) is 52.7 Å². The summed E-state index contributed by atoms with van der Waals surface area (Å²) in [6.07, 6.45) is -7.61. The lowest BCUT2D eigenvalue weighted by molar-refractivity contribution is -0.382. The van der Waals surface area contributed by atoms with Crippen molar-refractivity contribution >= 4 is 16.2 Å². The third-order valence-electron chi connectivity index (χ3n) is 4.75. The Kier molecular flexibility index (Phi) is 6.62. The van der Waals surface area contributed by atoms with Crippen LogP contribution in [0.1, 0.15) is 24.3 Å². The van der Waals surface area contributed by atoms with Gasteiger partial charge < -0.3 is 14.2 Å². The van der Waals surface area contributed by atoms with Crippen molar-refractivity contribution in [1.29, 1.82) is 0 Å². The highest BCUT2D eigenvalue weighted by molar-refractivity contribution is 7.88. The predicted octanol–water partition coefficient (Wildman–Crippen LogP) is 4.68. The fraction of sp³-hybridized carbons (Fsp3) is 0.562. The number of rotatable bonds is 6. The maximum Gasteiger partial charge on any atom is 0.460 e. The van der Waals surface area contributed by atoms with Crippen LogP contribution in [-0.4, -0.2) is 60.9 Å². The van der Waals surface area contributed by atoms with Crippen LogP contribution in [0.3, 0.4) is 0 Å². The van der Waals surface area contributed by atoms with E-state index in [0.29, 0.717) is 30.5 Å². The Morgan fingerprint density at radius 3 is 1.78 bits per heavy atom. The number of amides is 1. The van der Waals surface area contributed by atoms with Crippen molar-refractivity contribution < 1.29 is 62.0 Å². The first-order valence-corrected chi connectivity index (χ1v) is 9.98. The van der Waals surface area contributed by atoms with Gasteiger partial charge in [-0.2, -0.15) is 47.9 Å². The molecule has 0 saturated carbocycles. The predicted molar refractivity (Wildman–Crippen MR) is 88.5 cm³/mol. The molecule has 0 unspecified atom stereocenters. The summed E-state index contributed by atoms with van der Waals surface area (Å²) in [7, 11) is -7.00. The molecule has 0 aromatic heterocycles. The third-order valence-corrected chi connectivity index (χ3v) is 6.05. The number of benzene rings is 1. The van der Waals surface area contributed by atoms with Gasteiger partial charge in [-0.1, -0.05) is 12.1 Å². The van der Waals surface area contributed by atoms with Crippen LogP contribution < -0.4 is 4.18 Å². The molecular weight excluding hydrogens is 489 g/mol. The molecule has 1 aromatic carbocycles. The summed E-state index contributed by atoms with van der Waals surface area (Å²) in [5.41, 5.74) is 0.473. The van der Waals surface area contributed by atoms with Crippen LogP contribution in [0.2, 0.25) is 0 Å². The SMILES string of the molecule is O=C(O)N1CCC(c2ccc(OS(=O)(=O)C(F)(F)C(F)(F)C(F)(F)C(F)(F)F)cc2)CC1. The molecule has 0 spiro atoms. The monoisotopic (exact) mass is 503 g/mol. The Morgan fingerprint density at radius 2 is 1.38 bits per heavy atom. The Bertz CT molecular complexity index is 940. The van der Waals surface area contributed by atoms with Crippen molar-refractivity contribution in [2.45, 2.75) is 42.0 Å². The van der Waals surface area contributed by atoms with E-state index in [2.05, 4.69) is 4.18 Å². The van der Waals surface area contributed by atoms with Crippen LogP contribution in [0.15, 0.2) is 24.3 Å². The van der Waals surface area contributed by atoms with E-state index in [4.69, 9.17) is 5.11 Å². The van der Waals surface area contributed by atoms with Crippen LogP contribution >= 0.6 is 0 Å². The van der Waals surface area contributed by atoms with Crippen molar-refractivity contribution in [1.82, 2.24) is 4.90 Å². The number of carbonyl (C=O) groups is 1. The molecule has 16 heteroatoms. The van der Waals surface area contributed by atoms with Crippen molar-refractivity contribution in [2.24, 2.45) is 0 Å². The van der Waals surface area contributed by atoms with Crippen LogP contribution in [0.5, 0.6) is 5.75 Å². The van der Waals surface area contributed by atoms with Gasteiger partial charge in [-0.3, -0.25) is 0 Å². The first kappa shape index (κ1) is 25.9. The molecule has 1 aromatic rings. The van der Waals surface area contributed by atoms with E-state index < -0.39 is 45.2 Å². The number of carboxylic acid groups (broad SMARTS) is 1. The van der Waals surface area contributed by atoms with E-state index in [1.807, 2.05) is 0 Å². The summed E-state index contributed by atoms with van der Waals surface area (Å²) in [6, 6.07) is 3.69. The molecule has 1 saturated heterocycles. The highest BCUT2D eigenvalue weighted by Crippen LogP contribution is 2.55. The number of likely N-dealkylation sites (tertiary alicyclic amines) is 1. The maximum atomic E-state index is 13.7. The van der Waals surface area contributed by atoms with Gasteiger partial charge in [0.15, 0.2) is 0 Å². The summed E-state index contributed by atoms with van der Waals surface area (Å²) in [5.74, 6) is -16.0. The molecule has 0 aliphatic carbocycles. The summed E-state index contributed by atoms with van der Waals surface area (Å²) < 4.78 is 143. The van der Waals surface area contributed by atoms with Crippen LogP contribution in [0.4, 0.5) is 44.3 Å². The lowest BCUT2D eigenvalue weighted by Crippen LogP contribution is -2.63. The largest absolute Gasteiger partial charge is 0.465 e. The number of alkyl halides is 9. The van der Waals surface area contributed by atoms with Gasteiger partial charge in [-0.05, 0) is 36.5 Å². The Balaban J connectivity index is 2.20. The summed E-state index contributed by atoms with van der Waals surface area (Å²) in [6.45, 7) is 0.336. The zero-order valence-corrected chi connectivity index (χ0v) is 16.4. The lowest BCUT2D eigenvalue weighted by atomic mass is 9.89. The number of hydrogen-bond acceptors (Lipinski definition) is 4. The summed E-state index contributed by atoms with van der Waals surface area (Å²) in [4.78, 5) is 12.0. The molecule has 1 aliphatic heterocycles. The minimum atomic E-state index is -7.38. The van der Waals surface area contributed by atoms with E-state index in [-0.39, 0.29) is 19.0 Å². The fourth-order valence-electron chi connectivity index (χ4n) is 2.90. The topological polar surface area (TPSA) is 83.9 Å². The average molecular weight is 503 g/mol. The number of hydrogen-bond donors (Lipinski definition) is 1. The minimum Gasteiger partial charge on any atom is -0.465 e. The molecule has 182 valence electrons. The fourth-order valence-corrected chi connectivity index (χ4v) is 3.81. The standard InChI is InChI=1S/C16H14F9NO5S/c17-13(18,15(21,22)23)14(19,20)16(24,25)32(29,30)31-11-3-1-9(2-4-11)10-5-7-26(8-6-10)12(27)28/h1-4,10H,5-8H2,(H,27,28). The second kappa shape index (κ2) is 8.19. The molecule has 0 radical (unpaired) electrons. The van der Waals surface area contributed by atoms with Crippen LogP contribution in [0, 0.1) is 0 Å². The lowest BCUT2D eigenvalue weighted by Gasteiger charge is -2.32. The van der Waals surface area contributed by atoms with Crippen LogP contribution in [-0.2, 0) is 10.1 Å². The van der Waals surface area contributed by atoms with Crippen molar-refractivity contribution in [2.75, 3.05) is 13.1 Å². The molecule has 2 rings (SSSR count). The normalized spacial score (nSPS) is 17.3. The van der Waals surface area contributed by atoms with Gasteiger partial charge >= 0.3 is 39.5 Å². The first-order chi connectivity index (χ1) is 14.3. The molecule has 1 aliphatic rings. The Morgan fingerprint density at radius 1 is 0.906 bits per heavy atom. The van der Waals surface area contributed by atoms with Gasteiger partial charge in [-0.15, -0.1) is 0 Å². The van der Waals surface area contributed by atoms with Gasteiger partial charge in [0.1, 0.15) is 5.75 Å². The highest BCUT2D eigenvalue weighted by Gasteiger charge is 2.86. The zero-order valence-electron chi connectivity index (χ0n) is 15.6. The smallest absolute Gasteiger partial charge is 0.460 e. The highest BCUT2D eigenvalue weighted by atomic mass is 32.2. The molecular formula is C16H14F9NO5S. The molecule has 1 heterocycles. The van der Waals surface area contributed by atoms with Crippen LogP contribution in [0.25, 0.3) is 0 Å². The van der Waals surface area contributed by atoms with Gasteiger partial charge in [0.2, 0.25) is 0 Å². The minimum absolute atomic E-state index is 0.168. The summed E-state index contributed by atoms with van der Waals surface area (Å²) in [5, 5.41) is 1.94. The maximum absolute atomic E-state index is 13.7.